The maximum atomic E-state index is 14.6. The van der Waals surface area contributed by atoms with Crippen molar-refractivity contribution in [1.82, 2.24) is 0 Å². The molecule has 0 amide bonds. The van der Waals surface area contributed by atoms with Crippen molar-refractivity contribution in [2.24, 2.45) is 5.92 Å². The molecule has 0 unspecified atom stereocenters. The number of esters is 1. The Hall–Kier alpha value is -3.80. The molecule has 0 saturated heterocycles. The van der Waals surface area contributed by atoms with Gasteiger partial charge in [-0.25, -0.2) is 31.1 Å². The van der Waals surface area contributed by atoms with Crippen LogP contribution in [0.1, 0.15) is 34.3 Å². The first-order chi connectivity index (χ1) is 15.7. The molecule has 0 radical (unpaired) electrons. The predicted molar refractivity (Wildman–Crippen MR) is 104 cm³/mol. The van der Waals surface area contributed by atoms with Crippen LogP contribution < -0.4 is 4.74 Å². The second kappa shape index (κ2) is 8.62. The molecule has 0 spiro atoms. The fourth-order valence-electron chi connectivity index (χ4n) is 3.46. The number of hydrogen-bond acceptors (Lipinski definition) is 3. The Morgan fingerprint density at radius 3 is 1.88 bits per heavy atom. The molecule has 4 rings (SSSR count). The van der Waals surface area contributed by atoms with Gasteiger partial charge in [0.1, 0.15) is 57.8 Å². The molecule has 3 nitrogen and oxygen atoms in total. The number of halogens is 6. The average molecular weight is 461 g/mol. The van der Waals surface area contributed by atoms with Crippen molar-refractivity contribution in [3.63, 3.8) is 0 Å². The van der Waals surface area contributed by atoms with E-state index in [1.807, 2.05) is 0 Å². The molecule has 33 heavy (non-hydrogen) atoms. The molecule has 0 N–H and O–H groups in total. The number of nitriles is 1. The van der Waals surface area contributed by atoms with Gasteiger partial charge in [0.15, 0.2) is 0 Å². The van der Waals surface area contributed by atoms with Crippen LogP contribution in [0.3, 0.4) is 0 Å². The minimum absolute atomic E-state index is 0.368. The molecule has 0 atom stereocenters. The van der Waals surface area contributed by atoms with E-state index < -0.39 is 68.9 Å². The molecule has 1 aliphatic rings. The number of benzene rings is 3. The van der Waals surface area contributed by atoms with Crippen LogP contribution in [-0.4, -0.2) is 5.97 Å². The maximum absolute atomic E-state index is 14.6. The Morgan fingerprint density at radius 1 is 0.848 bits per heavy atom. The maximum Gasteiger partial charge on any atom is 0.349 e. The van der Waals surface area contributed by atoms with Gasteiger partial charge in [0.25, 0.3) is 0 Å². The fraction of sp³-hybridized carbons (Fsp3) is 0.167. The Balaban J connectivity index is 1.64. The minimum Gasteiger partial charge on any atom is -0.423 e. The summed E-state index contributed by atoms with van der Waals surface area (Å²) in [5.74, 6) is -9.70. The molecule has 0 bridgehead atoms. The second-order valence-electron chi connectivity index (χ2n) is 7.66. The van der Waals surface area contributed by atoms with Crippen molar-refractivity contribution in [3.8, 4) is 22.9 Å². The van der Waals surface area contributed by atoms with Gasteiger partial charge in [0.05, 0.1) is 5.56 Å². The molecule has 1 saturated carbocycles. The Kier molecular flexibility index (Phi) is 5.85. The van der Waals surface area contributed by atoms with Crippen LogP contribution in [-0.2, 0) is 6.42 Å². The van der Waals surface area contributed by atoms with Gasteiger partial charge in [-0.3, -0.25) is 0 Å². The number of ether oxygens (including phenoxy) is 1. The molecule has 1 fully saturated rings. The van der Waals surface area contributed by atoms with E-state index in [1.54, 1.807) is 0 Å². The second-order valence-corrected chi connectivity index (χ2v) is 7.66. The van der Waals surface area contributed by atoms with Gasteiger partial charge in [-0.05, 0) is 60.6 Å². The molecule has 0 aromatic heterocycles. The largest absolute Gasteiger partial charge is 0.423 e. The zero-order valence-electron chi connectivity index (χ0n) is 16.7. The highest BCUT2D eigenvalue weighted by atomic mass is 19.2. The van der Waals surface area contributed by atoms with Crippen LogP contribution in [0.25, 0.3) is 11.1 Å². The fourth-order valence-corrected chi connectivity index (χ4v) is 3.46. The topological polar surface area (TPSA) is 50.1 Å². The summed E-state index contributed by atoms with van der Waals surface area (Å²) in [7, 11) is 0. The van der Waals surface area contributed by atoms with E-state index in [2.05, 4.69) is 4.74 Å². The number of nitrogens with zero attached hydrogens (tertiary/aromatic N) is 1. The van der Waals surface area contributed by atoms with E-state index in [-0.39, 0.29) is 0 Å². The third-order valence-corrected chi connectivity index (χ3v) is 5.20. The lowest BCUT2D eigenvalue weighted by Crippen LogP contribution is -2.14. The van der Waals surface area contributed by atoms with Crippen LogP contribution in [0.2, 0.25) is 0 Å². The van der Waals surface area contributed by atoms with E-state index in [9.17, 15) is 31.1 Å². The first-order valence-corrected chi connectivity index (χ1v) is 9.76. The molecule has 0 aliphatic heterocycles. The van der Waals surface area contributed by atoms with Gasteiger partial charge >= 0.3 is 5.97 Å². The van der Waals surface area contributed by atoms with E-state index in [0.717, 1.165) is 25.0 Å². The van der Waals surface area contributed by atoms with Gasteiger partial charge in [0.2, 0.25) is 0 Å². The monoisotopic (exact) mass is 461 g/mol. The first-order valence-electron chi connectivity index (χ1n) is 9.76. The number of hydrogen-bond donors (Lipinski definition) is 0. The lowest BCUT2D eigenvalue weighted by atomic mass is 9.98. The Labute approximate surface area is 183 Å². The van der Waals surface area contributed by atoms with Crippen molar-refractivity contribution in [2.45, 2.75) is 19.3 Å². The van der Waals surface area contributed by atoms with Crippen molar-refractivity contribution in [1.29, 1.82) is 5.26 Å². The summed E-state index contributed by atoms with van der Waals surface area (Å²) < 4.78 is 90.2. The highest BCUT2D eigenvalue weighted by molar-refractivity contribution is 5.92. The van der Waals surface area contributed by atoms with Gasteiger partial charge in [0, 0.05) is 12.1 Å². The summed E-state index contributed by atoms with van der Waals surface area (Å²) >= 11 is 0. The van der Waals surface area contributed by atoms with Crippen LogP contribution in [0.5, 0.6) is 5.75 Å². The highest BCUT2D eigenvalue weighted by Gasteiger charge is 2.26. The quantitative estimate of drug-likeness (QED) is 0.257. The normalized spacial score (nSPS) is 13.0. The summed E-state index contributed by atoms with van der Waals surface area (Å²) in [4.78, 5) is 12.2. The average Bonchev–Trinajstić information content (AvgIpc) is 3.50. The third kappa shape index (κ3) is 4.55. The van der Waals surface area contributed by atoms with Crippen LogP contribution in [0, 0.1) is 52.2 Å². The lowest BCUT2D eigenvalue weighted by Gasteiger charge is -2.11. The lowest BCUT2D eigenvalue weighted by molar-refractivity contribution is 0.0724. The summed E-state index contributed by atoms with van der Waals surface area (Å²) in [6.45, 7) is 0. The summed E-state index contributed by atoms with van der Waals surface area (Å²) in [5.41, 5.74) is -2.87. The van der Waals surface area contributed by atoms with Crippen molar-refractivity contribution in [3.05, 3.63) is 88.0 Å². The van der Waals surface area contributed by atoms with Gasteiger partial charge in [-0.1, -0.05) is 0 Å². The molecule has 9 heteroatoms. The van der Waals surface area contributed by atoms with Crippen molar-refractivity contribution < 1.29 is 35.9 Å². The highest BCUT2D eigenvalue weighted by Crippen LogP contribution is 2.35. The molecule has 1 aliphatic carbocycles. The van der Waals surface area contributed by atoms with E-state index in [1.165, 1.54) is 6.07 Å². The Morgan fingerprint density at radius 2 is 1.39 bits per heavy atom. The Bertz CT molecular complexity index is 1260. The van der Waals surface area contributed by atoms with E-state index in [4.69, 9.17) is 5.26 Å². The zero-order chi connectivity index (χ0) is 23.9. The van der Waals surface area contributed by atoms with Crippen LogP contribution in [0.4, 0.5) is 26.3 Å². The molecular formula is C24H13F6NO2. The SMILES string of the molecule is N#Cc1c(F)cc(OC(=O)c2c(F)cc(-c3c(F)cc(CC4CC4)cc3F)cc2F)cc1F. The van der Waals surface area contributed by atoms with Gasteiger partial charge in [-0.2, -0.15) is 5.26 Å². The van der Waals surface area contributed by atoms with E-state index >= 15 is 0 Å². The van der Waals surface area contributed by atoms with Gasteiger partial charge in [-0.15, -0.1) is 0 Å². The standard InChI is InChI=1S/C24H13F6NO2/c25-16-8-14(9-17(26)15(16)10-31)33-24(32)23-20(29)6-13(7-21(23)30)22-18(27)4-12(5-19(22)28)3-11-1-2-11/h4-9,11H,1-3H2. The smallest absolute Gasteiger partial charge is 0.349 e. The molecular weight excluding hydrogens is 448 g/mol. The summed E-state index contributed by atoms with van der Waals surface area (Å²) in [5, 5.41) is 8.65. The summed E-state index contributed by atoms with van der Waals surface area (Å²) in [6.07, 6.45) is 2.44. The number of rotatable bonds is 5. The first kappa shape index (κ1) is 22.4. The van der Waals surface area contributed by atoms with E-state index in [0.29, 0.717) is 42.2 Å². The minimum atomic E-state index is -1.64. The molecule has 3 aromatic rings. The zero-order valence-corrected chi connectivity index (χ0v) is 16.7. The van der Waals surface area contributed by atoms with Crippen LogP contribution in [0.15, 0.2) is 36.4 Å². The van der Waals surface area contributed by atoms with Crippen molar-refractivity contribution in [2.75, 3.05) is 0 Å². The predicted octanol–water partition coefficient (Wildman–Crippen LogP) is 6.23. The molecule has 168 valence electrons. The van der Waals surface area contributed by atoms with Crippen LogP contribution >= 0.6 is 0 Å². The molecule has 3 aromatic carbocycles. The number of carbonyl (C=O) groups excluding carboxylic acids is 1. The van der Waals surface area contributed by atoms with Gasteiger partial charge < -0.3 is 4.74 Å². The third-order valence-electron chi connectivity index (χ3n) is 5.20. The van der Waals surface area contributed by atoms with Crippen molar-refractivity contribution >= 4 is 5.97 Å². The molecule has 0 heterocycles. The number of carbonyl (C=O) groups is 1. The summed E-state index contributed by atoms with van der Waals surface area (Å²) in [6, 6.07) is 5.58.